The first kappa shape index (κ1) is 16.1. The van der Waals surface area contributed by atoms with E-state index in [9.17, 15) is 10.1 Å². The lowest BCUT2D eigenvalue weighted by Crippen LogP contribution is -2.32. The molecule has 5 nitrogen and oxygen atoms in total. The Balaban J connectivity index is 3.55. The van der Waals surface area contributed by atoms with Crippen LogP contribution in [-0.2, 0) is 10.3 Å². The number of nitriles is 1. The Morgan fingerprint density at radius 3 is 2.20 bits per heavy atom. The number of nitrogens with one attached hydrogen (secondary N) is 1. The molecule has 1 aromatic heterocycles. The lowest BCUT2D eigenvalue weighted by Gasteiger charge is -2.30. The van der Waals surface area contributed by atoms with Gasteiger partial charge < -0.3 is 14.6 Å². The zero-order valence-corrected chi connectivity index (χ0v) is 13.3. The largest absolute Gasteiger partial charge is 0.465 e. The number of hydrogen-bond acceptors (Lipinski definition) is 4. The molecule has 0 unspecified atom stereocenters. The van der Waals surface area contributed by atoms with E-state index in [-0.39, 0.29) is 16.6 Å². The van der Waals surface area contributed by atoms with Crippen LogP contribution in [0.3, 0.4) is 0 Å². The van der Waals surface area contributed by atoms with Crippen molar-refractivity contribution >= 4 is 11.8 Å². The lowest BCUT2D eigenvalue weighted by molar-refractivity contribution is 0.0600. The molecule has 0 saturated carbocycles. The topological polar surface area (TPSA) is 67.0 Å². The monoisotopic (exact) mass is 277 g/mol. The van der Waals surface area contributed by atoms with E-state index in [4.69, 9.17) is 4.74 Å². The summed E-state index contributed by atoms with van der Waals surface area (Å²) in [5, 5.41) is 12.7. The van der Waals surface area contributed by atoms with Crippen LogP contribution < -0.4 is 5.32 Å². The molecule has 0 aliphatic rings. The number of anilines is 1. The molecule has 0 spiro atoms. The summed E-state index contributed by atoms with van der Waals surface area (Å²) >= 11 is 0. The molecule has 0 aromatic carbocycles. The molecule has 5 heteroatoms. The van der Waals surface area contributed by atoms with Crippen LogP contribution in [0.4, 0.5) is 5.82 Å². The summed E-state index contributed by atoms with van der Waals surface area (Å²) in [5.41, 5.74) is 0.0969. The number of carbonyl (C=O) groups excluding carboxylic acids is 1. The molecule has 0 fully saturated rings. The van der Waals surface area contributed by atoms with E-state index in [2.05, 4.69) is 11.4 Å². The van der Waals surface area contributed by atoms with E-state index >= 15 is 0 Å². The van der Waals surface area contributed by atoms with Gasteiger partial charge in [0.1, 0.15) is 17.6 Å². The molecule has 0 radical (unpaired) electrons. The quantitative estimate of drug-likeness (QED) is 0.843. The Morgan fingerprint density at radius 1 is 1.30 bits per heavy atom. The number of hydrogen-bond donors (Lipinski definition) is 1. The maximum absolute atomic E-state index is 11.8. The van der Waals surface area contributed by atoms with Crippen LogP contribution >= 0.6 is 0 Å². The highest BCUT2D eigenvalue weighted by Gasteiger charge is 2.28. The normalized spacial score (nSPS) is 11.9. The third kappa shape index (κ3) is 3.32. The van der Waals surface area contributed by atoms with Gasteiger partial charge in [-0.25, -0.2) is 4.79 Å². The third-order valence-corrected chi connectivity index (χ3v) is 2.69. The number of nitrogens with zero attached hydrogens (tertiary/aromatic N) is 2. The first-order valence-electron chi connectivity index (χ1n) is 6.54. The number of ether oxygens (including phenoxy) is 1. The van der Waals surface area contributed by atoms with Gasteiger partial charge in [-0.15, -0.1) is 0 Å². The SMILES string of the molecule is COC(=O)c1cc(NC(C)(C)C)n(C(C)(C)C)c1C#N. The molecule has 110 valence electrons. The summed E-state index contributed by atoms with van der Waals surface area (Å²) in [5.74, 6) is 0.239. The summed E-state index contributed by atoms with van der Waals surface area (Å²) in [4.78, 5) is 11.8. The van der Waals surface area contributed by atoms with Crippen LogP contribution in [-0.4, -0.2) is 23.2 Å². The van der Waals surface area contributed by atoms with Crippen molar-refractivity contribution in [3.8, 4) is 6.07 Å². The molecule has 1 rings (SSSR count). The predicted molar refractivity (Wildman–Crippen MR) is 78.9 cm³/mol. The fourth-order valence-corrected chi connectivity index (χ4v) is 2.06. The van der Waals surface area contributed by atoms with E-state index < -0.39 is 5.97 Å². The van der Waals surface area contributed by atoms with Crippen molar-refractivity contribution in [1.29, 1.82) is 5.26 Å². The van der Waals surface area contributed by atoms with Gasteiger partial charge in [0.15, 0.2) is 0 Å². The van der Waals surface area contributed by atoms with Crippen LogP contribution in [0.2, 0.25) is 0 Å². The van der Waals surface area contributed by atoms with Crippen LogP contribution in [0.5, 0.6) is 0 Å². The first-order valence-corrected chi connectivity index (χ1v) is 6.54. The van der Waals surface area contributed by atoms with Crippen molar-refractivity contribution in [1.82, 2.24) is 4.57 Å². The predicted octanol–water partition coefficient (Wildman–Crippen LogP) is 3.11. The van der Waals surface area contributed by atoms with E-state index in [1.165, 1.54) is 7.11 Å². The highest BCUT2D eigenvalue weighted by molar-refractivity contribution is 5.93. The lowest BCUT2D eigenvalue weighted by atomic mass is 10.1. The second kappa shape index (κ2) is 5.20. The number of methoxy groups -OCH3 is 1. The average Bonchev–Trinajstić information content (AvgIpc) is 2.63. The molecular weight excluding hydrogens is 254 g/mol. The first-order chi connectivity index (χ1) is 9.01. The van der Waals surface area contributed by atoms with Gasteiger partial charge in [0, 0.05) is 11.1 Å². The van der Waals surface area contributed by atoms with Crippen LogP contribution in [0, 0.1) is 11.3 Å². The Hall–Kier alpha value is -1.96. The van der Waals surface area contributed by atoms with Crippen molar-refractivity contribution in [3.63, 3.8) is 0 Å². The molecule has 0 bridgehead atoms. The van der Waals surface area contributed by atoms with Gasteiger partial charge in [-0.1, -0.05) is 0 Å². The maximum Gasteiger partial charge on any atom is 0.340 e. The van der Waals surface area contributed by atoms with Crippen molar-refractivity contribution in [2.24, 2.45) is 0 Å². The molecule has 0 amide bonds. The fraction of sp³-hybridized carbons (Fsp3) is 0.600. The van der Waals surface area contributed by atoms with Gasteiger partial charge in [0.05, 0.1) is 12.7 Å². The van der Waals surface area contributed by atoms with Gasteiger partial charge in [0.2, 0.25) is 0 Å². The van der Waals surface area contributed by atoms with E-state index in [0.717, 1.165) is 5.82 Å². The standard InChI is InChI=1S/C15H23N3O2/c1-14(2,3)17-12-8-10(13(19)20-7)11(9-16)18(12)15(4,5)6/h8,17H,1-7H3. The van der Waals surface area contributed by atoms with Crippen LogP contribution in [0.25, 0.3) is 0 Å². The van der Waals surface area contributed by atoms with Gasteiger partial charge in [-0.3, -0.25) is 0 Å². The molecule has 0 aliphatic carbocycles. The number of carbonyl (C=O) groups is 1. The van der Waals surface area contributed by atoms with E-state index in [0.29, 0.717) is 5.69 Å². The zero-order chi connectivity index (χ0) is 15.7. The Kier molecular flexibility index (Phi) is 4.18. The highest BCUT2D eigenvalue weighted by atomic mass is 16.5. The molecule has 0 atom stereocenters. The summed E-state index contributed by atoms with van der Waals surface area (Å²) in [6.07, 6.45) is 0. The Bertz CT molecular complexity index is 551. The smallest absolute Gasteiger partial charge is 0.340 e. The molecule has 20 heavy (non-hydrogen) atoms. The molecular formula is C15H23N3O2. The van der Waals surface area contributed by atoms with Crippen molar-refractivity contribution in [3.05, 3.63) is 17.3 Å². The van der Waals surface area contributed by atoms with Gasteiger partial charge in [-0.05, 0) is 47.6 Å². The van der Waals surface area contributed by atoms with Gasteiger partial charge >= 0.3 is 5.97 Å². The van der Waals surface area contributed by atoms with Gasteiger partial charge in [0.25, 0.3) is 0 Å². The van der Waals surface area contributed by atoms with Crippen LogP contribution in [0.1, 0.15) is 57.6 Å². The highest BCUT2D eigenvalue weighted by Crippen LogP contribution is 2.30. The van der Waals surface area contributed by atoms with Crippen molar-refractivity contribution in [2.45, 2.75) is 52.6 Å². The molecule has 0 aliphatic heterocycles. The average molecular weight is 277 g/mol. The summed E-state index contributed by atoms with van der Waals surface area (Å²) in [6, 6.07) is 3.80. The summed E-state index contributed by atoms with van der Waals surface area (Å²) in [7, 11) is 1.31. The minimum Gasteiger partial charge on any atom is -0.465 e. The minimum atomic E-state index is -0.499. The molecule has 1 aromatic rings. The summed E-state index contributed by atoms with van der Waals surface area (Å²) < 4.78 is 6.60. The number of aromatic nitrogens is 1. The Labute approximate surface area is 120 Å². The van der Waals surface area contributed by atoms with Crippen LogP contribution in [0.15, 0.2) is 6.07 Å². The molecule has 1 N–H and O–H groups in total. The maximum atomic E-state index is 11.8. The Morgan fingerprint density at radius 2 is 1.85 bits per heavy atom. The molecule has 0 saturated heterocycles. The third-order valence-electron chi connectivity index (χ3n) is 2.69. The van der Waals surface area contributed by atoms with Gasteiger partial charge in [-0.2, -0.15) is 5.26 Å². The molecule has 1 heterocycles. The second-order valence-electron chi connectivity index (χ2n) is 6.78. The number of esters is 1. The summed E-state index contributed by atoms with van der Waals surface area (Å²) in [6.45, 7) is 12.0. The fourth-order valence-electron chi connectivity index (χ4n) is 2.06. The van der Waals surface area contributed by atoms with Crippen molar-refractivity contribution in [2.75, 3.05) is 12.4 Å². The minimum absolute atomic E-state index is 0.179. The zero-order valence-electron chi connectivity index (χ0n) is 13.3. The second-order valence-corrected chi connectivity index (χ2v) is 6.78. The number of rotatable bonds is 2. The van der Waals surface area contributed by atoms with E-state index in [1.807, 2.05) is 46.1 Å². The van der Waals surface area contributed by atoms with Crippen molar-refractivity contribution < 1.29 is 9.53 Å². The van der Waals surface area contributed by atoms with E-state index in [1.54, 1.807) is 6.07 Å².